The Kier molecular flexibility index (Phi) is 7.64. The van der Waals surface area contributed by atoms with Crippen LogP contribution in [-0.4, -0.2) is 23.4 Å². The molecule has 0 spiro atoms. The maximum Gasteiger partial charge on any atom is 0.240 e. The van der Waals surface area contributed by atoms with Crippen LogP contribution in [0.4, 0.5) is 0 Å². The summed E-state index contributed by atoms with van der Waals surface area (Å²) in [5.74, 6) is 0.0902. The van der Waals surface area contributed by atoms with Crippen molar-refractivity contribution in [2.24, 2.45) is 0 Å². The third-order valence-corrected chi connectivity index (χ3v) is 6.27. The number of hydrogen-bond acceptors (Lipinski definition) is 2. The van der Waals surface area contributed by atoms with Crippen LogP contribution in [0.2, 0.25) is 10.0 Å². The van der Waals surface area contributed by atoms with Crippen molar-refractivity contribution in [3.8, 4) is 0 Å². The lowest BCUT2D eigenvalue weighted by atomic mass is 9.98. The molecule has 0 saturated carbocycles. The summed E-state index contributed by atoms with van der Waals surface area (Å²) in [6.07, 6.45) is 5.64. The average Bonchev–Trinajstić information content (AvgIpc) is 2.88. The Morgan fingerprint density at radius 2 is 1.47 bits per heavy atom. The molecule has 0 saturated heterocycles. The molecule has 0 radical (unpaired) electrons. The van der Waals surface area contributed by atoms with Crippen LogP contribution >= 0.6 is 23.2 Å². The second-order valence-corrected chi connectivity index (χ2v) is 8.89. The Morgan fingerprint density at radius 1 is 0.812 bits per heavy atom. The van der Waals surface area contributed by atoms with Gasteiger partial charge in [0.1, 0.15) is 0 Å². The van der Waals surface area contributed by atoms with Crippen molar-refractivity contribution in [1.82, 2.24) is 10.2 Å². The summed E-state index contributed by atoms with van der Waals surface area (Å²) in [5.41, 5.74) is 3.25. The molecular formula is C27H26Cl2N2O. The highest BCUT2D eigenvalue weighted by atomic mass is 35.5. The minimum Gasteiger partial charge on any atom is -0.330 e. The lowest BCUT2D eigenvalue weighted by Gasteiger charge is -2.34. The van der Waals surface area contributed by atoms with E-state index in [0.717, 1.165) is 23.1 Å². The first kappa shape index (κ1) is 22.6. The second kappa shape index (κ2) is 10.8. The number of benzene rings is 3. The number of carbonyl (C=O) groups is 1. The zero-order chi connectivity index (χ0) is 22.3. The molecule has 1 aliphatic rings. The summed E-state index contributed by atoms with van der Waals surface area (Å²) in [6, 6.07) is 25.2. The molecular weight excluding hydrogens is 439 g/mol. The van der Waals surface area contributed by atoms with E-state index in [4.69, 9.17) is 23.2 Å². The maximum absolute atomic E-state index is 14.0. The van der Waals surface area contributed by atoms with E-state index in [1.165, 1.54) is 0 Å². The monoisotopic (exact) mass is 464 g/mol. The summed E-state index contributed by atoms with van der Waals surface area (Å²) in [4.78, 5) is 15.9. The van der Waals surface area contributed by atoms with Crippen LogP contribution in [-0.2, 0) is 17.8 Å². The standard InChI is InChI=1S/C27H26Cl2N2O/c28-23-13-9-21(10-14-23)19-31-26(22-11-15-24(29)16-12-22)8-4-5-17-30-25(27(31)32)18-20-6-2-1-3-7-20/h1-7,9-16,25-26,30H,8,17-19H2/t25-,26+/m0/s1. The Labute approximate surface area is 199 Å². The van der Waals surface area contributed by atoms with Crippen molar-refractivity contribution in [2.45, 2.75) is 31.5 Å². The van der Waals surface area contributed by atoms with Crippen LogP contribution in [0.25, 0.3) is 0 Å². The molecule has 2 atom stereocenters. The quantitative estimate of drug-likeness (QED) is 0.454. The van der Waals surface area contributed by atoms with Gasteiger partial charge in [0.05, 0.1) is 12.1 Å². The van der Waals surface area contributed by atoms with Gasteiger partial charge in [-0.15, -0.1) is 0 Å². The van der Waals surface area contributed by atoms with Crippen LogP contribution in [0.3, 0.4) is 0 Å². The first-order valence-corrected chi connectivity index (χ1v) is 11.6. The predicted octanol–water partition coefficient (Wildman–Crippen LogP) is 6.22. The number of halogens is 2. The molecule has 0 bridgehead atoms. The minimum absolute atomic E-state index is 0.0902. The van der Waals surface area contributed by atoms with E-state index >= 15 is 0 Å². The first-order chi connectivity index (χ1) is 15.6. The minimum atomic E-state index is -0.317. The normalized spacial score (nSPS) is 19.3. The fourth-order valence-corrected chi connectivity index (χ4v) is 4.32. The largest absolute Gasteiger partial charge is 0.330 e. The highest BCUT2D eigenvalue weighted by Crippen LogP contribution is 2.30. The van der Waals surface area contributed by atoms with Crippen LogP contribution in [0.5, 0.6) is 0 Å². The van der Waals surface area contributed by atoms with E-state index in [0.29, 0.717) is 29.6 Å². The molecule has 5 heteroatoms. The Balaban J connectivity index is 1.70. The SMILES string of the molecule is O=C1[C@H](Cc2ccccc2)NCC=CC[C@H](c2ccc(Cl)cc2)N1Cc1ccc(Cl)cc1. The Morgan fingerprint density at radius 3 is 2.16 bits per heavy atom. The highest BCUT2D eigenvalue weighted by molar-refractivity contribution is 6.30. The van der Waals surface area contributed by atoms with E-state index in [9.17, 15) is 4.79 Å². The molecule has 4 rings (SSSR count). The molecule has 3 aromatic rings. The third-order valence-electron chi connectivity index (χ3n) is 5.77. The Hall–Kier alpha value is -2.59. The van der Waals surface area contributed by atoms with Crippen LogP contribution in [0, 0.1) is 0 Å². The smallest absolute Gasteiger partial charge is 0.240 e. The van der Waals surface area contributed by atoms with Gasteiger partial charge in [0.15, 0.2) is 0 Å². The zero-order valence-electron chi connectivity index (χ0n) is 17.8. The number of carbonyl (C=O) groups excluding carboxylic acids is 1. The van der Waals surface area contributed by atoms with Gasteiger partial charge in [-0.1, -0.05) is 90.0 Å². The molecule has 0 fully saturated rings. The van der Waals surface area contributed by atoms with Gasteiger partial charge in [0.25, 0.3) is 0 Å². The molecule has 164 valence electrons. The summed E-state index contributed by atoms with van der Waals surface area (Å²) >= 11 is 12.2. The van der Waals surface area contributed by atoms with Crippen molar-refractivity contribution in [3.63, 3.8) is 0 Å². The van der Waals surface area contributed by atoms with Crippen LogP contribution < -0.4 is 5.32 Å². The van der Waals surface area contributed by atoms with Gasteiger partial charge >= 0.3 is 0 Å². The average molecular weight is 465 g/mol. The van der Waals surface area contributed by atoms with Gasteiger partial charge in [0, 0.05) is 23.1 Å². The van der Waals surface area contributed by atoms with Gasteiger partial charge in [-0.25, -0.2) is 0 Å². The number of hydrogen-bond donors (Lipinski definition) is 1. The van der Waals surface area contributed by atoms with Crippen LogP contribution in [0.15, 0.2) is 91.0 Å². The summed E-state index contributed by atoms with van der Waals surface area (Å²) in [6.45, 7) is 1.16. The summed E-state index contributed by atoms with van der Waals surface area (Å²) in [7, 11) is 0. The topological polar surface area (TPSA) is 32.3 Å². The van der Waals surface area contributed by atoms with Crippen molar-refractivity contribution in [1.29, 1.82) is 0 Å². The van der Waals surface area contributed by atoms with Crippen molar-refractivity contribution in [2.75, 3.05) is 6.54 Å². The van der Waals surface area contributed by atoms with E-state index in [-0.39, 0.29) is 18.0 Å². The second-order valence-electron chi connectivity index (χ2n) is 8.02. The number of rotatable bonds is 5. The molecule has 0 unspecified atom stereocenters. The summed E-state index contributed by atoms with van der Waals surface area (Å²) < 4.78 is 0. The van der Waals surface area contributed by atoms with E-state index in [2.05, 4.69) is 29.6 Å². The molecule has 0 aliphatic carbocycles. The third kappa shape index (κ3) is 5.80. The van der Waals surface area contributed by atoms with Gasteiger partial charge in [-0.05, 0) is 53.8 Å². The zero-order valence-corrected chi connectivity index (χ0v) is 19.3. The molecule has 1 heterocycles. The molecule has 1 amide bonds. The summed E-state index contributed by atoms with van der Waals surface area (Å²) in [5, 5.41) is 4.82. The lowest BCUT2D eigenvalue weighted by molar-refractivity contribution is -0.136. The molecule has 32 heavy (non-hydrogen) atoms. The van der Waals surface area contributed by atoms with Crippen LogP contribution in [0.1, 0.15) is 29.2 Å². The van der Waals surface area contributed by atoms with Crippen molar-refractivity contribution >= 4 is 29.1 Å². The van der Waals surface area contributed by atoms with Crippen molar-refractivity contribution in [3.05, 3.63) is 118 Å². The Bertz CT molecular complexity index is 1050. The van der Waals surface area contributed by atoms with Gasteiger partial charge < -0.3 is 10.2 Å². The van der Waals surface area contributed by atoms with Crippen molar-refractivity contribution < 1.29 is 4.79 Å². The molecule has 1 aliphatic heterocycles. The van der Waals surface area contributed by atoms with E-state index < -0.39 is 0 Å². The number of nitrogens with zero attached hydrogens (tertiary/aromatic N) is 1. The lowest BCUT2D eigenvalue weighted by Crippen LogP contribution is -2.48. The van der Waals surface area contributed by atoms with Gasteiger partial charge in [-0.3, -0.25) is 4.79 Å². The first-order valence-electron chi connectivity index (χ1n) is 10.8. The fraction of sp³-hybridized carbons (Fsp3) is 0.222. The maximum atomic E-state index is 14.0. The molecule has 3 nitrogen and oxygen atoms in total. The molecule has 1 N–H and O–H groups in total. The number of nitrogens with one attached hydrogen (secondary N) is 1. The fourth-order valence-electron chi connectivity index (χ4n) is 4.07. The predicted molar refractivity (Wildman–Crippen MR) is 132 cm³/mol. The van der Waals surface area contributed by atoms with E-state index in [1.807, 2.05) is 71.6 Å². The van der Waals surface area contributed by atoms with E-state index in [1.54, 1.807) is 0 Å². The molecule has 3 aromatic carbocycles. The van der Waals surface area contributed by atoms with Gasteiger partial charge in [-0.2, -0.15) is 0 Å². The van der Waals surface area contributed by atoms with Gasteiger partial charge in [0.2, 0.25) is 5.91 Å². The molecule has 0 aromatic heterocycles. The number of amides is 1. The highest BCUT2D eigenvalue weighted by Gasteiger charge is 2.31.